The predicted octanol–water partition coefficient (Wildman–Crippen LogP) is 1.53. The van der Waals surface area contributed by atoms with Gasteiger partial charge in [-0.3, -0.25) is 4.79 Å². The van der Waals surface area contributed by atoms with Gasteiger partial charge in [0.05, 0.1) is 21.0 Å². The molecule has 0 radical (unpaired) electrons. The largest absolute Gasteiger partial charge is 0.478 e. The average Bonchev–Trinajstić information content (AvgIpc) is 2.34. The smallest absolute Gasteiger partial charge is 0.337 e. The van der Waals surface area contributed by atoms with Crippen molar-refractivity contribution < 1.29 is 23.1 Å². The zero-order valence-corrected chi connectivity index (χ0v) is 12.7. The molecular weight excluding hydrogens is 306 g/mol. The Kier molecular flexibility index (Phi) is 4.77. The van der Waals surface area contributed by atoms with Gasteiger partial charge in [-0.1, -0.05) is 11.6 Å². The molecule has 0 saturated heterocycles. The number of hydrogen-bond acceptors (Lipinski definition) is 4. The van der Waals surface area contributed by atoms with E-state index in [0.29, 0.717) is 6.54 Å². The highest BCUT2D eigenvalue weighted by molar-refractivity contribution is 7.90. The molecule has 1 aromatic carbocycles. The molecule has 1 amide bonds. The number of sulfone groups is 1. The Morgan fingerprint density at radius 1 is 1.35 bits per heavy atom. The number of halogens is 1. The Balaban J connectivity index is 3.71. The lowest BCUT2D eigenvalue weighted by Crippen LogP contribution is -2.28. The summed E-state index contributed by atoms with van der Waals surface area (Å²) in [6, 6.07) is 2.16. The van der Waals surface area contributed by atoms with Gasteiger partial charge in [-0.15, -0.1) is 0 Å². The standard InChI is InChI=1S/C12H14ClNO5S/c1-4-14(2)11(15)9-8(20(3,18)19)6-5-7(10(9)13)12(16)17/h5-6H,4H2,1-3H3,(H,16,17). The van der Waals surface area contributed by atoms with E-state index < -0.39 is 21.7 Å². The van der Waals surface area contributed by atoms with Gasteiger partial charge in [0.15, 0.2) is 9.84 Å². The van der Waals surface area contributed by atoms with E-state index >= 15 is 0 Å². The third-order valence-electron chi connectivity index (χ3n) is 2.77. The monoisotopic (exact) mass is 319 g/mol. The number of hydrogen-bond donors (Lipinski definition) is 1. The molecule has 1 rings (SSSR count). The van der Waals surface area contributed by atoms with Crippen molar-refractivity contribution >= 4 is 33.3 Å². The van der Waals surface area contributed by atoms with Crippen LogP contribution in [0.15, 0.2) is 17.0 Å². The van der Waals surface area contributed by atoms with Crippen molar-refractivity contribution in [3.05, 3.63) is 28.3 Å². The fourth-order valence-corrected chi connectivity index (χ4v) is 2.82. The molecule has 0 heterocycles. The topological polar surface area (TPSA) is 91.8 Å². The zero-order valence-electron chi connectivity index (χ0n) is 11.2. The van der Waals surface area contributed by atoms with Crippen molar-refractivity contribution in [2.45, 2.75) is 11.8 Å². The molecule has 110 valence electrons. The molecule has 0 aliphatic carbocycles. The summed E-state index contributed by atoms with van der Waals surface area (Å²) in [4.78, 5) is 24.2. The Hall–Kier alpha value is -1.60. The molecule has 0 spiro atoms. The van der Waals surface area contributed by atoms with Crippen LogP contribution in [-0.4, -0.2) is 50.1 Å². The van der Waals surface area contributed by atoms with Crippen LogP contribution in [0.4, 0.5) is 0 Å². The molecule has 0 aliphatic rings. The van der Waals surface area contributed by atoms with E-state index in [1.54, 1.807) is 6.92 Å². The lowest BCUT2D eigenvalue weighted by molar-refractivity contribution is 0.0697. The molecule has 0 aliphatic heterocycles. The molecule has 1 N–H and O–H groups in total. The van der Waals surface area contributed by atoms with Crippen LogP contribution in [0.2, 0.25) is 5.02 Å². The van der Waals surface area contributed by atoms with E-state index in [1.807, 2.05) is 0 Å². The van der Waals surface area contributed by atoms with Crippen LogP contribution in [-0.2, 0) is 9.84 Å². The zero-order chi connectivity index (χ0) is 15.7. The summed E-state index contributed by atoms with van der Waals surface area (Å²) in [6.07, 6.45) is 0.932. The van der Waals surface area contributed by atoms with Gasteiger partial charge >= 0.3 is 5.97 Å². The second-order valence-electron chi connectivity index (χ2n) is 4.20. The number of nitrogens with zero attached hydrogens (tertiary/aromatic N) is 1. The number of amides is 1. The van der Waals surface area contributed by atoms with Crippen LogP contribution in [0.25, 0.3) is 0 Å². The molecular formula is C12H14ClNO5S. The summed E-state index contributed by atoms with van der Waals surface area (Å²) >= 11 is 5.92. The fraction of sp³-hybridized carbons (Fsp3) is 0.333. The summed E-state index contributed by atoms with van der Waals surface area (Å²) in [7, 11) is -2.24. The quantitative estimate of drug-likeness (QED) is 0.908. The number of carbonyl (C=O) groups excluding carboxylic acids is 1. The highest BCUT2D eigenvalue weighted by atomic mass is 35.5. The Labute approximate surface area is 121 Å². The molecule has 0 atom stereocenters. The van der Waals surface area contributed by atoms with Gasteiger partial charge in [-0.25, -0.2) is 13.2 Å². The van der Waals surface area contributed by atoms with E-state index in [1.165, 1.54) is 11.9 Å². The molecule has 0 aromatic heterocycles. The van der Waals surface area contributed by atoms with Crippen LogP contribution in [0.3, 0.4) is 0 Å². The first-order valence-corrected chi connectivity index (χ1v) is 7.89. The minimum atomic E-state index is -3.71. The van der Waals surface area contributed by atoms with E-state index in [0.717, 1.165) is 18.4 Å². The summed E-state index contributed by atoms with van der Waals surface area (Å²) in [5, 5.41) is 8.63. The second kappa shape index (κ2) is 5.80. The summed E-state index contributed by atoms with van der Waals surface area (Å²) < 4.78 is 23.5. The lowest BCUT2D eigenvalue weighted by Gasteiger charge is -2.18. The number of carboxylic acid groups (broad SMARTS) is 1. The maximum Gasteiger partial charge on any atom is 0.337 e. The summed E-state index contributed by atoms with van der Waals surface area (Å²) in [5.74, 6) is -1.97. The number of carbonyl (C=O) groups is 2. The van der Waals surface area contributed by atoms with Crippen LogP contribution < -0.4 is 0 Å². The Morgan fingerprint density at radius 3 is 2.30 bits per heavy atom. The third-order valence-corrected chi connectivity index (χ3v) is 4.30. The van der Waals surface area contributed by atoms with Gasteiger partial charge in [0, 0.05) is 19.8 Å². The number of benzene rings is 1. The first-order chi connectivity index (χ1) is 9.11. The van der Waals surface area contributed by atoms with Crippen LogP contribution in [0.1, 0.15) is 27.6 Å². The molecule has 20 heavy (non-hydrogen) atoms. The number of carboxylic acids is 1. The normalized spacial score (nSPS) is 11.2. The number of aromatic carboxylic acids is 1. The minimum Gasteiger partial charge on any atom is -0.478 e. The van der Waals surface area contributed by atoms with Crippen molar-refractivity contribution in [3.8, 4) is 0 Å². The molecule has 0 saturated carbocycles. The molecule has 0 unspecified atom stereocenters. The van der Waals surface area contributed by atoms with Gasteiger partial charge in [0.1, 0.15) is 0 Å². The Bertz CT molecular complexity index is 669. The van der Waals surface area contributed by atoms with Crippen molar-refractivity contribution in [2.24, 2.45) is 0 Å². The Morgan fingerprint density at radius 2 is 1.90 bits per heavy atom. The fourth-order valence-electron chi connectivity index (χ4n) is 1.57. The highest BCUT2D eigenvalue weighted by Crippen LogP contribution is 2.29. The van der Waals surface area contributed by atoms with Gasteiger partial charge in [-0.05, 0) is 19.1 Å². The van der Waals surface area contributed by atoms with E-state index in [9.17, 15) is 18.0 Å². The first-order valence-electron chi connectivity index (χ1n) is 5.62. The van der Waals surface area contributed by atoms with Crippen molar-refractivity contribution in [3.63, 3.8) is 0 Å². The molecule has 8 heteroatoms. The van der Waals surface area contributed by atoms with Crippen molar-refractivity contribution in [1.29, 1.82) is 0 Å². The van der Waals surface area contributed by atoms with Gasteiger partial charge in [0.25, 0.3) is 5.91 Å². The average molecular weight is 320 g/mol. The molecule has 1 aromatic rings. The molecule has 0 bridgehead atoms. The second-order valence-corrected chi connectivity index (χ2v) is 6.56. The molecule has 6 nitrogen and oxygen atoms in total. The number of rotatable bonds is 4. The van der Waals surface area contributed by atoms with Gasteiger partial charge < -0.3 is 10.0 Å². The van der Waals surface area contributed by atoms with E-state index in [2.05, 4.69) is 0 Å². The summed E-state index contributed by atoms with van der Waals surface area (Å²) in [5.41, 5.74) is -0.620. The lowest BCUT2D eigenvalue weighted by atomic mass is 10.1. The minimum absolute atomic E-state index is 0.280. The highest BCUT2D eigenvalue weighted by Gasteiger charge is 2.27. The van der Waals surface area contributed by atoms with Crippen molar-refractivity contribution in [1.82, 2.24) is 4.90 Å². The van der Waals surface area contributed by atoms with Crippen LogP contribution in [0, 0.1) is 0 Å². The van der Waals surface area contributed by atoms with Crippen molar-refractivity contribution in [2.75, 3.05) is 19.8 Å². The summed E-state index contributed by atoms with van der Waals surface area (Å²) in [6.45, 7) is 2.03. The maximum atomic E-state index is 12.2. The predicted molar refractivity (Wildman–Crippen MR) is 74.2 cm³/mol. The van der Waals surface area contributed by atoms with Gasteiger partial charge in [0.2, 0.25) is 0 Å². The van der Waals surface area contributed by atoms with E-state index in [4.69, 9.17) is 16.7 Å². The SMILES string of the molecule is CCN(C)C(=O)c1c(S(C)(=O)=O)ccc(C(=O)O)c1Cl. The maximum absolute atomic E-state index is 12.2. The molecule has 0 fully saturated rings. The van der Waals surface area contributed by atoms with Gasteiger partial charge in [-0.2, -0.15) is 0 Å². The van der Waals surface area contributed by atoms with Crippen LogP contribution >= 0.6 is 11.6 Å². The first kappa shape index (κ1) is 16.5. The third kappa shape index (κ3) is 3.10. The van der Waals surface area contributed by atoms with Crippen LogP contribution in [0.5, 0.6) is 0 Å². The van der Waals surface area contributed by atoms with E-state index in [-0.39, 0.29) is 21.0 Å².